The van der Waals surface area contributed by atoms with E-state index in [0.29, 0.717) is 5.56 Å². The van der Waals surface area contributed by atoms with Gasteiger partial charge in [0.15, 0.2) is 18.0 Å². The number of aromatic hydroxyl groups is 2. The maximum absolute atomic E-state index is 12.9. The number of phenolic OH excluding ortho intramolecular Hbond substituents is 2. The summed E-state index contributed by atoms with van der Waals surface area (Å²) in [6.45, 7) is 3.75. The van der Waals surface area contributed by atoms with E-state index in [0.717, 1.165) is 39.8 Å². The number of nitro benzene ring substituents is 1. The minimum absolute atomic E-state index is 0.185. The first kappa shape index (κ1) is 33.3. The Morgan fingerprint density at radius 3 is 1.84 bits per heavy atom. The number of hydrogen-bond acceptors (Lipinski definition) is 15. The van der Waals surface area contributed by atoms with Crippen molar-refractivity contribution >= 4 is 35.3 Å². The number of hydrogen-bond donors (Lipinski definition) is 2. The maximum Gasteiger partial charge on any atom is 0.303 e. The van der Waals surface area contributed by atoms with Crippen molar-refractivity contribution in [3.05, 3.63) is 57.6 Å². The third-order valence-electron chi connectivity index (χ3n) is 6.06. The van der Waals surface area contributed by atoms with Gasteiger partial charge in [-0.3, -0.25) is 34.1 Å². The quantitative estimate of drug-likeness (QED) is 0.120. The molecule has 1 heterocycles. The fourth-order valence-electron chi connectivity index (χ4n) is 4.37. The first-order chi connectivity index (χ1) is 20.7. The van der Waals surface area contributed by atoms with Crippen molar-refractivity contribution < 1.29 is 67.5 Å². The van der Waals surface area contributed by atoms with Crippen LogP contribution in [-0.4, -0.2) is 82.1 Å². The van der Waals surface area contributed by atoms with Crippen molar-refractivity contribution in [2.75, 3.05) is 6.61 Å². The molecular formula is C28H29NO15. The van der Waals surface area contributed by atoms with Crippen LogP contribution in [0.3, 0.4) is 0 Å². The van der Waals surface area contributed by atoms with E-state index in [4.69, 9.17) is 28.4 Å². The van der Waals surface area contributed by atoms with Gasteiger partial charge in [-0.05, 0) is 5.56 Å². The highest BCUT2D eigenvalue weighted by Crippen LogP contribution is 2.36. The van der Waals surface area contributed by atoms with E-state index in [9.17, 15) is 44.3 Å². The SMILES string of the molecule is CC(=O)OC[C@H]1O[C@@H](Oc2cc(O)c(C(=O)Cc3ccc([N+](=O)[O-])cc3)c(O)c2)[C@H](OC(C)=O)[C@@H](OC(C)=O)[C@@H]1OC(C)=O. The monoisotopic (exact) mass is 619 g/mol. The molecule has 44 heavy (non-hydrogen) atoms. The Labute approximate surface area is 249 Å². The van der Waals surface area contributed by atoms with Gasteiger partial charge in [0, 0.05) is 58.4 Å². The fraction of sp³-hybridized carbons (Fsp3) is 0.393. The van der Waals surface area contributed by atoms with Crippen LogP contribution in [0.1, 0.15) is 43.6 Å². The first-order valence-electron chi connectivity index (χ1n) is 13.0. The van der Waals surface area contributed by atoms with Crippen LogP contribution in [0.25, 0.3) is 0 Å². The normalized spacial score (nSPS) is 21.0. The standard InChI is InChI=1S/C28H29NO15/c1-13(30)39-12-23-25(40-14(2)31)26(41-15(3)32)27(42-16(4)33)28(44-23)43-19-10-21(35)24(22(36)11-19)20(34)9-17-5-7-18(8-6-17)29(37)38/h5-8,10-11,23,25-28,35-36H,9,12H2,1-4H3/t23-,25-,26+,27-,28-/m1/s1. The number of phenols is 2. The number of carbonyl (C=O) groups is 5. The highest BCUT2D eigenvalue weighted by Gasteiger charge is 2.53. The summed E-state index contributed by atoms with van der Waals surface area (Å²) < 4.78 is 32.5. The number of esters is 4. The Bertz CT molecular complexity index is 1410. The molecule has 0 spiro atoms. The van der Waals surface area contributed by atoms with Crippen LogP contribution in [0.2, 0.25) is 0 Å². The van der Waals surface area contributed by atoms with Crippen LogP contribution in [-0.2, 0) is 49.3 Å². The Hall–Kier alpha value is -5.25. The summed E-state index contributed by atoms with van der Waals surface area (Å²) in [4.78, 5) is 70.5. The van der Waals surface area contributed by atoms with Gasteiger partial charge in [0.1, 0.15) is 35.5 Å². The molecule has 1 aliphatic rings. The predicted octanol–water partition coefficient (Wildman–Crippen LogP) is 1.89. The lowest BCUT2D eigenvalue weighted by molar-refractivity contribution is -0.384. The zero-order valence-corrected chi connectivity index (χ0v) is 23.9. The van der Waals surface area contributed by atoms with Crippen molar-refractivity contribution in [3.63, 3.8) is 0 Å². The molecule has 0 unspecified atom stereocenters. The molecule has 2 aromatic carbocycles. The molecule has 1 saturated heterocycles. The third-order valence-corrected chi connectivity index (χ3v) is 6.06. The van der Waals surface area contributed by atoms with Gasteiger partial charge in [-0.2, -0.15) is 0 Å². The van der Waals surface area contributed by atoms with E-state index in [2.05, 4.69) is 0 Å². The summed E-state index contributed by atoms with van der Waals surface area (Å²) in [5.41, 5.74) is -0.287. The van der Waals surface area contributed by atoms with Crippen LogP contribution in [0, 0.1) is 10.1 Å². The van der Waals surface area contributed by atoms with Gasteiger partial charge in [0.05, 0.1) is 4.92 Å². The topological polar surface area (TPSA) is 224 Å². The zero-order chi connectivity index (χ0) is 32.7. The number of ketones is 1. The lowest BCUT2D eigenvalue weighted by Gasteiger charge is -2.43. The van der Waals surface area contributed by atoms with Gasteiger partial charge >= 0.3 is 23.9 Å². The Morgan fingerprint density at radius 1 is 0.818 bits per heavy atom. The van der Waals surface area contributed by atoms with E-state index < -0.39 is 89.0 Å². The van der Waals surface area contributed by atoms with Gasteiger partial charge in [-0.1, -0.05) is 12.1 Å². The summed E-state index contributed by atoms with van der Waals surface area (Å²) in [6, 6.07) is 7.02. The molecule has 0 amide bonds. The first-order valence-corrected chi connectivity index (χ1v) is 13.0. The number of Topliss-reactive ketones (excluding diaryl/α,β-unsaturated/α-hetero) is 1. The molecule has 3 rings (SSSR count). The van der Waals surface area contributed by atoms with E-state index in [-0.39, 0.29) is 17.9 Å². The van der Waals surface area contributed by atoms with Crippen LogP contribution in [0.15, 0.2) is 36.4 Å². The molecule has 16 heteroatoms. The van der Waals surface area contributed by atoms with Crippen LogP contribution < -0.4 is 4.74 Å². The fourth-order valence-corrected chi connectivity index (χ4v) is 4.37. The predicted molar refractivity (Wildman–Crippen MR) is 143 cm³/mol. The summed E-state index contributed by atoms with van der Waals surface area (Å²) in [6.07, 6.45) is -7.82. The molecule has 0 radical (unpaired) electrons. The number of nitro groups is 1. The molecule has 5 atom stereocenters. The lowest BCUT2D eigenvalue weighted by Crippen LogP contribution is -2.63. The number of non-ortho nitro benzene ring substituents is 1. The number of carbonyl (C=O) groups excluding carboxylic acids is 5. The average molecular weight is 620 g/mol. The molecule has 0 bridgehead atoms. The molecule has 16 nitrogen and oxygen atoms in total. The van der Waals surface area contributed by atoms with Crippen LogP contribution in [0.5, 0.6) is 17.2 Å². The van der Waals surface area contributed by atoms with Crippen LogP contribution in [0.4, 0.5) is 5.69 Å². The summed E-state index contributed by atoms with van der Waals surface area (Å²) in [5.74, 6) is -5.73. The van der Waals surface area contributed by atoms with Crippen molar-refractivity contribution in [1.82, 2.24) is 0 Å². The van der Waals surface area contributed by atoms with Crippen molar-refractivity contribution in [2.45, 2.75) is 64.8 Å². The van der Waals surface area contributed by atoms with Gasteiger partial charge in [0.25, 0.3) is 5.69 Å². The summed E-state index contributed by atoms with van der Waals surface area (Å²) in [5, 5.41) is 32.1. The molecule has 0 aromatic heterocycles. The summed E-state index contributed by atoms with van der Waals surface area (Å²) >= 11 is 0. The van der Waals surface area contributed by atoms with E-state index >= 15 is 0 Å². The van der Waals surface area contributed by atoms with Crippen molar-refractivity contribution in [3.8, 4) is 17.2 Å². The highest BCUT2D eigenvalue weighted by molar-refractivity contribution is 6.02. The third kappa shape index (κ3) is 8.64. The van der Waals surface area contributed by atoms with Crippen molar-refractivity contribution in [1.29, 1.82) is 0 Å². The Balaban J connectivity index is 1.93. The van der Waals surface area contributed by atoms with E-state index in [1.54, 1.807) is 0 Å². The molecule has 0 aliphatic carbocycles. The second-order valence-corrected chi connectivity index (χ2v) is 9.55. The maximum atomic E-state index is 12.9. The minimum Gasteiger partial charge on any atom is -0.507 e. The van der Waals surface area contributed by atoms with Gasteiger partial charge in [-0.25, -0.2) is 0 Å². The van der Waals surface area contributed by atoms with Gasteiger partial charge in [-0.15, -0.1) is 0 Å². The van der Waals surface area contributed by atoms with Crippen molar-refractivity contribution in [2.24, 2.45) is 0 Å². The molecule has 1 fully saturated rings. The molecule has 236 valence electrons. The number of ether oxygens (including phenoxy) is 6. The zero-order valence-electron chi connectivity index (χ0n) is 23.9. The highest BCUT2D eigenvalue weighted by atomic mass is 16.7. The summed E-state index contributed by atoms with van der Waals surface area (Å²) in [7, 11) is 0. The number of rotatable bonds is 11. The largest absolute Gasteiger partial charge is 0.507 e. The smallest absolute Gasteiger partial charge is 0.303 e. The molecule has 0 saturated carbocycles. The molecular weight excluding hydrogens is 590 g/mol. The Morgan fingerprint density at radius 2 is 1.34 bits per heavy atom. The lowest BCUT2D eigenvalue weighted by atomic mass is 9.98. The molecule has 1 aliphatic heterocycles. The molecule has 2 N–H and O–H groups in total. The van der Waals surface area contributed by atoms with E-state index in [1.807, 2.05) is 0 Å². The number of nitrogens with zero attached hydrogens (tertiary/aromatic N) is 1. The average Bonchev–Trinajstić information content (AvgIpc) is 2.90. The Kier molecular flexibility index (Phi) is 10.8. The second kappa shape index (κ2) is 14.3. The molecule has 2 aromatic rings. The van der Waals surface area contributed by atoms with Gasteiger partial charge in [0.2, 0.25) is 12.4 Å². The van der Waals surface area contributed by atoms with Crippen LogP contribution >= 0.6 is 0 Å². The van der Waals surface area contributed by atoms with Gasteiger partial charge < -0.3 is 38.6 Å². The number of benzene rings is 2. The van der Waals surface area contributed by atoms with E-state index in [1.165, 1.54) is 24.3 Å². The second-order valence-electron chi connectivity index (χ2n) is 9.55. The minimum atomic E-state index is -1.66.